The van der Waals surface area contributed by atoms with Crippen molar-refractivity contribution in [2.75, 3.05) is 0 Å². The van der Waals surface area contributed by atoms with Crippen molar-refractivity contribution in [3.8, 4) is 0 Å². The van der Waals surface area contributed by atoms with Gasteiger partial charge in [-0.15, -0.1) is 0 Å². The van der Waals surface area contributed by atoms with Crippen molar-refractivity contribution in [3.05, 3.63) is 24.2 Å². The van der Waals surface area contributed by atoms with Gasteiger partial charge in [-0.25, -0.2) is 9.97 Å². The Morgan fingerprint density at radius 1 is 1.50 bits per heavy atom. The zero-order chi connectivity index (χ0) is 9.54. The molecule has 1 atom stereocenters. The molecule has 1 fully saturated rings. The van der Waals surface area contributed by atoms with E-state index >= 15 is 0 Å². The lowest BCUT2D eigenvalue weighted by Crippen LogP contribution is -1.97. The van der Waals surface area contributed by atoms with Gasteiger partial charge < -0.3 is 4.98 Å². The summed E-state index contributed by atoms with van der Waals surface area (Å²) in [6.45, 7) is 2.25. The molecule has 3 heteroatoms. The zero-order valence-corrected chi connectivity index (χ0v) is 8.20. The Morgan fingerprint density at radius 3 is 3.07 bits per heavy atom. The van der Waals surface area contributed by atoms with Crippen LogP contribution in [0.15, 0.2) is 18.3 Å². The third-order valence-corrected chi connectivity index (χ3v) is 3.04. The Balaban J connectivity index is 2.04. The summed E-state index contributed by atoms with van der Waals surface area (Å²) < 4.78 is 0. The number of hydrogen-bond acceptors (Lipinski definition) is 2. The summed E-state index contributed by atoms with van der Waals surface area (Å²) in [6.07, 6.45) is 4.49. The van der Waals surface area contributed by atoms with Gasteiger partial charge in [0.25, 0.3) is 0 Å². The number of pyridine rings is 1. The largest absolute Gasteiger partial charge is 0.340 e. The summed E-state index contributed by atoms with van der Waals surface area (Å²) in [5.74, 6) is 2.50. The number of nitrogens with one attached hydrogen (secondary N) is 1. The maximum atomic E-state index is 4.51. The van der Waals surface area contributed by atoms with Crippen LogP contribution < -0.4 is 0 Å². The van der Waals surface area contributed by atoms with Crippen LogP contribution in [0.4, 0.5) is 0 Å². The highest BCUT2D eigenvalue weighted by Crippen LogP contribution is 2.41. The second kappa shape index (κ2) is 2.80. The van der Waals surface area contributed by atoms with Crippen LogP contribution in [0.1, 0.15) is 31.5 Å². The molecule has 1 unspecified atom stereocenters. The lowest BCUT2D eigenvalue weighted by molar-refractivity contribution is 0.630. The molecule has 1 aliphatic rings. The average Bonchev–Trinajstić information content (AvgIpc) is 2.95. The highest BCUT2D eigenvalue weighted by Gasteiger charge is 2.30. The van der Waals surface area contributed by atoms with E-state index in [1.165, 1.54) is 12.8 Å². The lowest BCUT2D eigenvalue weighted by Gasteiger charge is -2.03. The molecule has 1 N–H and O–H groups in total. The monoisotopic (exact) mass is 187 g/mol. The molecule has 0 aromatic carbocycles. The van der Waals surface area contributed by atoms with Crippen LogP contribution in [0.5, 0.6) is 0 Å². The van der Waals surface area contributed by atoms with Gasteiger partial charge in [0.05, 0.1) is 5.52 Å². The van der Waals surface area contributed by atoms with Crippen LogP contribution in [0.3, 0.4) is 0 Å². The third kappa shape index (κ3) is 1.20. The Morgan fingerprint density at radius 2 is 2.36 bits per heavy atom. The van der Waals surface area contributed by atoms with Crippen molar-refractivity contribution >= 4 is 11.2 Å². The Kier molecular flexibility index (Phi) is 1.60. The molecule has 0 amide bonds. The summed E-state index contributed by atoms with van der Waals surface area (Å²) in [7, 11) is 0. The predicted octanol–water partition coefficient (Wildman–Crippen LogP) is 2.47. The molecule has 2 heterocycles. The normalized spacial score (nSPS) is 18.6. The molecule has 0 radical (unpaired) electrons. The highest BCUT2D eigenvalue weighted by atomic mass is 15.0. The third-order valence-electron chi connectivity index (χ3n) is 3.04. The first kappa shape index (κ1) is 7.97. The second-order valence-corrected chi connectivity index (χ2v) is 4.12. The van der Waals surface area contributed by atoms with E-state index in [1.54, 1.807) is 6.20 Å². The van der Waals surface area contributed by atoms with Crippen molar-refractivity contribution in [1.82, 2.24) is 15.0 Å². The molecule has 2 aromatic rings. The van der Waals surface area contributed by atoms with E-state index in [9.17, 15) is 0 Å². The van der Waals surface area contributed by atoms with Gasteiger partial charge in [0, 0.05) is 12.1 Å². The molecule has 3 rings (SSSR count). The second-order valence-electron chi connectivity index (χ2n) is 4.12. The Labute approximate surface area is 82.6 Å². The van der Waals surface area contributed by atoms with E-state index in [4.69, 9.17) is 0 Å². The minimum atomic E-state index is 0.559. The molecule has 0 spiro atoms. The summed E-state index contributed by atoms with van der Waals surface area (Å²) in [5, 5.41) is 0. The predicted molar refractivity (Wildman–Crippen MR) is 55.0 cm³/mol. The molecule has 14 heavy (non-hydrogen) atoms. The smallest absolute Gasteiger partial charge is 0.177 e. The van der Waals surface area contributed by atoms with Crippen molar-refractivity contribution in [3.63, 3.8) is 0 Å². The average molecular weight is 187 g/mol. The number of H-pyrrole nitrogens is 1. The van der Waals surface area contributed by atoms with Crippen molar-refractivity contribution < 1.29 is 0 Å². The SMILES string of the molecule is CC(c1nc2ncccc2[nH]1)C1CC1. The van der Waals surface area contributed by atoms with Crippen LogP contribution in [0, 0.1) is 5.92 Å². The van der Waals surface area contributed by atoms with Gasteiger partial charge in [-0.1, -0.05) is 6.92 Å². The highest BCUT2D eigenvalue weighted by molar-refractivity contribution is 5.70. The fourth-order valence-corrected chi connectivity index (χ4v) is 1.90. The Bertz CT molecular complexity index is 423. The first-order valence-electron chi connectivity index (χ1n) is 5.15. The summed E-state index contributed by atoms with van der Waals surface area (Å²) in [4.78, 5) is 12.1. The number of imidazole rings is 1. The van der Waals surface area contributed by atoms with Crippen LogP contribution in [0.25, 0.3) is 11.2 Å². The van der Waals surface area contributed by atoms with Crippen LogP contribution in [-0.2, 0) is 0 Å². The van der Waals surface area contributed by atoms with Gasteiger partial charge in [0.1, 0.15) is 5.82 Å². The number of aromatic amines is 1. The number of nitrogens with zero attached hydrogens (tertiary/aromatic N) is 2. The topological polar surface area (TPSA) is 41.6 Å². The van der Waals surface area contributed by atoms with E-state index < -0.39 is 0 Å². The van der Waals surface area contributed by atoms with E-state index in [1.807, 2.05) is 12.1 Å². The van der Waals surface area contributed by atoms with Crippen molar-refractivity contribution in [2.45, 2.75) is 25.7 Å². The number of rotatable bonds is 2. The maximum absolute atomic E-state index is 4.51. The number of aromatic nitrogens is 3. The van der Waals surface area contributed by atoms with Crippen LogP contribution in [-0.4, -0.2) is 15.0 Å². The van der Waals surface area contributed by atoms with Gasteiger partial charge in [-0.3, -0.25) is 0 Å². The van der Waals surface area contributed by atoms with E-state index in [0.29, 0.717) is 5.92 Å². The van der Waals surface area contributed by atoms with Crippen LogP contribution in [0.2, 0.25) is 0 Å². The zero-order valence-electron chi connectivity index (χ0n) is 8.20. The van der Waals surface area contributed by atoms with Gasteiger partial charge >= 0.3 is 0 Å². The molecule has 0 aliphatic heterocycles. The molecule has 72 valence electrons. The molecule has 2 aromatic heterocycles. The fourth-order valence-electron chi connectivity index (χ4n) is 1.90. The summed E-state index contributed by atoms with van der Waals surface area (Å²) >= 11 is 0. The number of hydrogen-bond donors (Lipinski definition) is 1. The summed E-state index contributed by atoms with van der Waals surface area (Å²) in [5.41, 5.74) is 1.89. The fraction of sp³-hybridized carbons (Fsp3) is 0.455. The quantitative estimate of drug-likeness (QED) is 0.784. The van der Waals surface area contributed by atoms with Crippen molar-refractivity contribution in [1.29, 1.82) is 0 Å². The van der Waals surface area contributed by atoms with E-state index in [-0.39, 0.29) is 0 Å². The van der Waals surface area contributed by atoms with Gasteiger partial charge in [-0.2, -0.15) is 0 Å². The molecule has 1 aliphatic carbocycles. The number of fused-ring (bicyclic) bond motifs is 1. The van der Waals surface area contributed by atoms with E-state index in [0.717, 1.165) is 22.9 Å². The molecule has 1 saturated carbocycles. The molecule has 3 nitrogen and oxygen atoms in total. The maximum Gasteiger partial charge on any atom is 0.177 e. The van der Waals surface area contributed by atoms with Gasteiger partial charge in [0.15, 0.2) is 5.65 Å². The molecule has 0 saturated heterocycles. The van der Waals surface area contributed by atoms with E-state index in [2.05, 4.69) is 21.9 Å². The molecule has 0 bridgehead atoms. The Hall–Kier alpha value is -1.38. The van der Waals surface area contributed by atoms with Gasteiger partial charge in [0.2, 0.25) is 0 Å². The molecular weight excluding hydrogens is 174 g/mol. The minimum Gasteiger partial charge on any atom is -0.340 e. The first-order valence-corrected chi connectivity index (χ1v) is 5.15. The molecular formula is C11H13N3. The minimum absolute atomic E-state index is 0.559. The standard InChI is InChI=1S/C11H13N3/c1-7(8-4-5-8)10-13-9-3-2-6-12-11(9)14-10/h2-3,6-8H,4-5H2,1H3,(H,12,13,14). The summed E-state index contributed by atoms with van der Waals surface area (Å²) in [6, 6.07) is 3.96. The lowest BCUT2D eigenvalue weighted by atomic mass is 10.1. The first-order chi connectivity index (χ1) is 6.84. The van der Waals surface area contributed by atoms with Gasteiger partial charge in [-0.05, 0) is 30.9 Å². The van der Waals surface area contributed by atoms with Crippen LogP contribution >= 0.6 is 0 Å². The van der Waals surface area contributed by atoms with Crippen molar-refractivity contribution in [2.24, 2.45) is 5.92 Å².